The average molecular weight is 418 g/mol. The number of hydrogen-bond acceptors (Lipinski definition) is 5. The normalized spacial score (nSPS) is 23.1. The molecule has 2 aliphatic rings. The van der Waals surface area contributed by atoms with Crippen LogP contribution < -0.4 is 10.6 Å². The van der Waals surface area contributed by atoms with Gasteiger partial charge in [0.05, 0.1) is 11.0 Å². The van der Waals surface area contributed by atoms with Gasteiger partial charge in [0.25, 0.3) is 0 Å². The maximum atomic E-state index is 12.5. The number of halogens is 1. The molecule has 0 spiro atoms. The summed E-state index contributed by atoms with van der Waals surface area (Å²) in [6.07, 6.45) is 2.33. The second-order valence-electron chi connectivity index (χ2n) is 7.04. The number of nitrogens with one attached hydrogen (secondary N) is 2. The minimum Gasteiger partial charge on any atom is -0.391 e. The Bertz CT molecular complexity index is 721. The summed E-state index contributed by atoms with van der Waals surface area (Å²) in [6.45, 7) is 2.95. The molecule has 0 saturated carbocycles. The second-order valence-corrected chi connectivity index (χ2v) is 8.98. The molecule has 1 aromatic rings. The van der Waals surface area contributed by atoms with Crippen LogP contribution in [0.2, 0.25) is 0 Å². The molecule has 2 saturated heterocycles. The third-order valence-electron chi connectivity index (χ3n) is 5.13. The number of sulfonamides is 1. The lowest BCUT2D eigenvalue weighted by Gasteiger charge is -2.16. The molecule has 3 rings (SSSR count). The summed E-state index contributed by atoms with van der Waals surface area (Å²) in [7, 11) is -3.39. The van der Waals surface area contributed by atoms with Crippen LogP contribution in [-0.2, 0) is 21.2 Å². The molecule has 9 heteroatoms. The van der Waals surface area contributed by atoms with Crippen LogP contribution in [0.4, 0.5) is 0 Å². The van der Waals surface area contributed by atoms with E-state index in [9.17, 15) is 18.3 Å². The predicted octanol–water partition coefficient (Wildman–Crippen LogP) is 0.522. The highest BCUT2D eigenvalue weighted by atomic mass is 35.5. The van der Waals surface area contributed by atoms with E-state index in [1.54, 1.807) is 24.3 Å². The zero-order valence-corrected chi connectivity index (χ0v) is 16.9. The van der Waals surface area contributed by atoms with Crippen LogP contribution in [-0.4, -0.2) is 62.6 Å². The van der Waals surface area contributed by atoms with Gasteiger partial charge in [-0.15, -0.1) is 12.4 Å². The molecule has 2 atom stereocenters. The van der Waals surface area contributed by atoms with E-state index < -0.39 is 16.1 Å². The van der Waals surface area contributed by atoms with Crippen molar-refractivity contribution in [2.45, 2.75) is 36.7 Å². The smallest absolute Gasteiger partial charge is 0.243 e. The Labute approximate surface area is 167 Å². The van der Waals surface area contributed by atoms with E-state index in [4.69, 9.17) is 0 Å². The van der Waals surface area contributed by atoms with Gasteiger partial charge in [-0.3, -0.25) is 4.79 Å². The van der Waals surface area contributed by atoms with Crippen molar-refractivity contribution in [3.8, 4) is 0 Å². The molecule has 3 N–H and O–H groups in total. The number of rotatable bonds is 7. The fourth-order valence-electron chi connectivity index (χ4n) is 3.42. The summed E-state index contributed by atoms with van der Waals surface area (Å²) in [5.41, 5.74) is 0.933. The van der Waals surface area contributed by atoms with Gasteiger partial charge in [-0.1, -0.05) is 12.1 Å². The molecule has 0 radical (unpaired) electrons. The molecular formula is C18H28ClN3O4S. The summed E-state index contributed by atoms with van der Waals surface area (Å²) < 4.78 is 26.5. The van der Waals surface area contributed by atoms with Crippen LogP contribution in [0.15, 0.2) is 29.2 Å². The van der Waals surface area contributed by atoms with Crippen molar-refractivity contribution in [3.05, 3.63) is 29.8 Å². The van der Waals surface area contributed by atoms with E-state index in [0.29, 0.717) is 50.5 Å². The third-order valence-corrected chi connectivity index (χ3v) is 7.05. The van der Waals surface area contributed by atoms with E-state index in [-0.39, 0.29) is 24.2 Å². The van der Waals surface area contributed by atoms with Crippen LogP contribution in [0, 0.1) is 5.92 Å². The number of benzene rings is 1. The second kappa shape index (κ2) is 9.84. The van der Waals surface area contributed by atoms with E-state index >= 15 is 0 Å². The van der Waals surface area contributed by atoms with Gasteiger partial charge in [-0.05, 0) is 37.0 Å². The van der Waals surface area contributed by atoms with Gasteiger partial charge in [0.2, 0.25) is 15.9 Å². The van der Waals surface area contributed by atoms with Crippen molar-refractivity contribution in [2.75, 3.05) is 32.7 Å². The first-order valence-corrected chi connectivity index (χ1v) is 10.7. The molecule has 27 heavy (non-hydrogen) atoms. The zero-order chi connectivity index (χ0) is 18.6. The molecule has 2 heterocycles. The Morgan fingerprint density at radius 1 is 1.19 bits per heavy atom. The summed E-state index contributed by atoms with van der Waals surface area (Å²) in [5, 5.41) is 15.7. The van der Waals surface area contributed by atoms with E-state index in [1.807, 2.05) is 0 Å². The Kier molecular flexibility index (Phi) is 8.05. The standard InChI is InChI=1S/C18H27N3O4S.ClH/c22-17-13-19-11-15(17)12-20-18(23)8-5-14-3-6-16(7-4-14)26(24,25)21-9-1-2-10-21;/h3-4,6-7,15,17,19,22H,1-2,5,8-13H2,(H,20,23);1H. The number of nitrogens with zero attached hydrogens (tertiary/aromatic N) is 1. The highest BCUT2D eigenvalue weighted by molar-refractivity contribution is 7.89. The van der Waals surface area contributed by atoms with Crippen LogP contribution in [0.25, 0.3) is 0 Å². The first-order valence-electron chi connectivity index (χ1n) is 9.21. The van der Waals surface area contributed by atoms with E-state index in [0.717, 1.165) is 18.4 Å². The third kappa shape index (κ3) is 5.65. The van der Waals surface area contributed by atoms with Gasteiger partial charge < -0.3 is 15.7 Å². The molecule has 0 aliphatic carbocycles. The number of amides is 1. The molecular weight excluding hydrogens is 390 g/mol. The Balaban J connectivity index is 0.00000261. The van der Waals surface area contributed by atoms with Gasteiger partial charge >= 0.3 is 0 Å². The van der Waals surface area contributed by atoms with Crippen molar-refractivity contribution in [1.82, 2.24) is 14.9 Å². The molecule has 2 unspecified atom stereocenters. The minimum absolute atomic E-state index is 0. The summed E-state index contributed by atoms with van der Waals surface area (Å²) in [5.74, 6) is 0.00638. The number of aliphatic hydroxyl groups excluding tert-OH is 1. The molecule has 2 fully saturated rings. The largest absolute Gasteiger partial charge is 0.391 e. The van der Waals surface area contributed by atoms with Crippen molar-refractivity contribution >= 4 is 28.3 Å². The van der Waals surface area contributed by atoms with Gasteiger partial charge in [0.1, 0.15) is 0 Å². The summed E-state index contributed by atoms with van der Waals surface area (Å²) in [6, 6.07) is 6.81. The van der Waals surface area contributed by atoms with Crippen molar-refractivity contribution in [3.63, 3.8) is 0 Å². The number of carbonyl (C=O) groups is 1. The van der Waals surface area contributed by atoms with Gasteiger partial charge in [0.15, 0.2) is 0 Å². The SMILES string of the molecule is Cl.O=C(CCc1ccc(S(=O)(=O)N2CCCC2)cc1)NCC1CNCC1O. The summed E-state index contributed by atoms with van der Waals surface area (Å²) in [4.78, 5) is 12.3. The Hall–Kier alpha value is -1.19. The first kappa shape index (κ1) is 22.1. The lowest BCUT2D eigenvalue weighted by molar-refractivity contribution is -0.121. The number of aliphatic hydroxyl groups is 1. The fraction of sp³-hybridized carbons (Fsp3) is 0.611. The molecule has 0 bridgehead atoms. The average Bonchev–Trinajstić information content (AvgIpc) is 3.31. The maximum absolute atomic E-state index is 12.5. The molecule has 7 nitrogen and oxygen atoms in total. The summed E-state index contributed by atoms with van der Waals surface area (Å²) >= 11 is 0. The minimum atomic E-state index is -3.39. The Morgan fingerprint density at radius 3 is 2.44 bits per heavy atom. The van der Waals surface area contributed by atoms with Crippen molar-refractivity contribution in [1.29, 1.82) is 0 Å². The number of aryl methyl sites for hydroxylation is 1. The molecule has 152 valence electrons. The molecule has 2 aliphatic heterocycles. The van der Waals surface area contributed by atoms with Gasteiger partial charge in [-0.2, -0.15) is 4.31 Å². The number of β-amino-alcohol motifs (C(OH)–C–C–N with tert-alkyl or cyclic N) is 1. The van der Waals surface area contributed by atoms with Crippen molar-refractivity contribution < 1.29 is 18.3 Å². The molecule has 1 amide bonds. The first-order chi connectivity index (χ1) is 12.5. The van der Waals surface area contributed by atoms with Crippen molar-refractivity contribution in [2.24, 2.45) is 5.92 Å². The zero-order valence-electron chi connectivity index (χ0n) is 15.3. The predicted molar refractivity (Wildman–Crippen MR) is 105 cm³/mol. The Morgan fingerprint density at radius 2 is 1.85 bits per heavy atom. The highest BCUT2D eigenvalue weighted by Crippen LogP contribution is 2.21. The molecule has 1 aromatic carbocycles. The van der Waals surface area contributed by atoms with Crippen LogP contribution >= 0.6 is 12.4 Å². The topological polar surface area (TPSA) is 98.7 Å². The number of hydrogen-bond donors (Lipinski definition) is 3. The lowest BCUT2D eigenvalue weighted by atomic mass is 10.1. The maximum Gasteiger partial charge on any atom is 0.243 e. The van der Waals surface area contributed by atoms with Crippen LogP contribution in [0.3, 0.4) is 0 Å². The quantitative estimate of drug-likeness (QED) is 0.600. The lowest BCUT2D eigenvalue weighted by Crippen LogP contribution is -2.34. The van der Waals surface area contributed by atoms with Crippen LogP contribution in [0.5, 0.6) is 0 Å². The van der Waals surface area contributed by atoms with Crippen LogP contribution in [0.1, 0.15) is 24.8 Å². The van der Waals surface area contributed by atoms with E-state index in [2.05, 4.69) is 10.6 Å². The monoisotopic (exact) mass is 417 g/mol. The fourth-order valence-corrected chi connectivity index (χ4v) is 4.94. The number of carbonyl (C=O) groups excluding carboxylic acids is 1. The molecule has 0 aromatic heterocycles. The van der Waals surface area contributed by atoms with E-state index in [1.165, 1.54) is 4.31 Å². The highest BCUT2D eigenvalue weighted by Gasteiger charge is 2.27. The van der Waals surface area contributed by atoms with Gasteiger partial charge in [0, 0.05) is 45.1 Å². The van der Waals surface area contributed by atoms with Gasteiger partial charge in [-0.25, -0.2) is 8.42 Å².